The van der Waals surface area contributed by atoms with E-state index in [4.69, 9.17) is 31.8 Å². The van der Waals surface area contributed by atoms with E-state index in [1.54, 1.807) is 54.7 Å². The largest absolute Gasteiger partial charge is 0.508 e. The third-order valence-electron chi connectivity index (χ3n) is 12.5. The average molecular weight is 1070 g/mol. The minimum atomic E-state index is -1.19. The number of carbonyl (C=O) groups is 5. The number of nitrogens with two attached hydrogens (primary N) is 1. The third kappa shape index (κ3) is 16.1. The first-order valence-electron chi connectivity index (χ1n) is 25.0. The molecule has 3 heterocycles. The summed E-state index contributed by atoms with van der Waals surface area (Å²) >= 11 is 5.45. The number of aromatic carboxylic acids is 1. The predicted octanol–water partition coefficient (Wildman–Crippen LogP) is 4.53. The first-order chi connectivity index (χ1) is 36.7. The maximum Gasteiger partial charge on any atom is 0.336 e. The molecule has 3 aliphatic heterocycles. The van der Waals surface area contributed by atoms with Crippen LogP contribution in [0.2, 0.25) is 0 Å². The monoisotopic (exact) mass is 1070 g/mol. The summed E-state index contributed by atoms with van der Waals surface area (Å²) < 4.78 is 17.7. The number of anilines is 2. The predicted molar refractivity (Wildman–Crippen MR) is 297 cm³/mol. The number of nitrogens with zero attached hydrogens (tertiary/aromatic N) is 3. The highest BCUT2D eigenvalue weighted by Crippen LogP contribution is 2.42. The molecule has 0 spiro atoms. The number of hydrogen-bond donors (Lipinski definition) is 10. The van der Waals surface area contributed by atoms with Gasteiger partial charge >= 0.3 is 5.97 Å². The van der Waals surface area contributed by atoms with Crippen LogP contribution in [0.25, 0.3) is 33.4 Å². The lowest BCUT2D eigenvalue weighted by Crippen LogP contribution is -2.52. The molecule has 11 N–H and O–H groups in total. The summed E-state index contributed by atoms with van der Waals surface area (Å²) in [4.78, 5) is 87.9. The Morgan fingerprint density at radius 3 is 2.35 bits per heavy atom. The fourth-order valence-corrected chi connectivity index (χ4v) is 8.60. The Bertz CT molecular complexity index is 3140. The lowest BCUT2D eigenvalue weighted by atomic mass is 9.90. The first-order valence-corrected chi connectivity index (χ1v) is 25.4. The number of ether oxygens (including phenoxy) is 2. The quantitative estimate of drug-likeness (QED) is 0.0218. The van der Waals surface area contributed by atoms with Crippen molar-refractivity contribution in [3.05, 3.63) is 100 Å². The van der Waals surface area contributed by atoms with Crippen LogP contribution in [0.4, 0.5) is 11.4 Å². The van der Waals surface area contributed by atoms with Crippen LogP contribution in [0, 0.1) is 0 Å². The number of carbonyl (C=O) groups excluding carboxylic acids is 4. The van der Waals surface area contributed by atoms with Gasteiger partial charge in [-0.2, -0.15) is 0 Å². The molecule has 0 bridgehead atoms. The summed E-state index contributed by atoms with van der Waals surface area (Å²) in [6.45, 7) is 9.87. The van der Waals surface area contributed by atoms with Crippen LogP contribution in [0.5, 0.6) is 5.75 Å². The van der Waals surface area contributed by atoms with Crippen LogP contribution in [0.3, 0.4) is 0 Å². The van der Waals surface area contributed by atoms with Crippen molar-refractivity contribution in [3.63, 3.8) is 0 Å². The number of benzene rings is 4. The minimum absolute atomic E-state index is 0.0206. The summed E-state index contributed by atoms with van der Waals surface area (Å²) in [5.74, 6) is -1.90. The number of rotatable bonds is 25. The van der Waals surface area contributed by atoms with E-state index in [1.807, 2.05) is 27.7 Å². The summed E-state index contributed by atoms with van der Waals surface area (Å²) in [5.41, 5.74) is 8.04. The number of guanidine groups is 1. The molecule has 77 heavy (non-hydrogen) atoms. The van der Waals surface area contributed by atoms with Crippen LogP contribution in [-0.4, -0.2) is 132 Å². The van der Waals surface area contributed by atoms with Crippen molar-refractivity contribution < 1.29 is 48.1 Å². The summed E-state index contributed by atoms with van der Waals surface area (Å²) in [6, 6.07) is 19.7. The Kier molecular flexibility index (Phi) is 18.7. The van der Waals surface area contributed by atoms with Gasteiger partial charge in [0.1, 0.15) is 17.1 Å². The normalized spacial score (nSPS) is 15.1. The molecule has 0 saturated carbocycles. The third-order valence-corrected chi connectivity index (χ3v) is 12.7. The van der Waals surface area contributed by atoms with E-state index < -0.39 is 29.3 Å². The van der Waals surface area contributed by atoms with Gasteiger partial charge in [-0.1, -0.05) is 6.07 Å². The van der Waals surface area contributed by atoms with Gasteiger partial charge in [-0.05, 0) is 125 Å². The second-order valence-corrected chi connectivity index (χ2v) is 20.0. The lowest BCUT2D eigenvalue weighted by molar-refractivity contribution is -0.123. The lowest BCUT2D eigenvalue weighted by Gasteiger charge is -2.27. The van der Waals surface area contributed by atoms with Crippen molar-refractivity contribution in [1.82, 2.24) is 26.6 Å². The molecule has 23 heteroatoms. The Morgan fingerprint density at radius 1 is 0.818 bits per heavy atom. The van der Waals surface area contributed by atoms with Crippen LogP contribution in [0.1, 0.15) is 80.5 Å². The van der Waals surface area contributed by atoms with E-state index in [9.17, 15) is 39.0 Å². The summed E-state index contributed by atoms with van der Waals surface area (Å²) in [7, 11) is 0. The van der Waals surface area contributed by atoms with E-state index in [2.05, 4.69) is 52.2 Å². The SMILES string of the molecule is CC(C)(CCOCCOC(C)(C)CCC(=O)NCCNC(=S)Nc1ccc(-c2c3ccc(=O)cc-3oc3cc(O)ccc23)c(C(=O)O)c1)NC(=O)CCCNC(=O)c1ccc(NCC2=NC3C(=O)NC(N)=NC3N=C2)cc1. The average Bonchev–Trinajstić information content (AvgIpc) is 3.38. The van der Waals surface area contributed by atoms with Gasteiger partial charge in [-0.25, -0.2) is 9.79 Å². The van der Waals surface area contributed by atoms with E-state index in [-0.39, 0.29) is 82.2 Å². The minimum Gasteiger partial charge on any atom is -0.508 e. The Balaban J connectivity index is 0.720. The van der Waals surface area contributed by atoms with Crippen LogP contribution in [0.15, 0.2) is 103 Å². The number of nitrogens with one attached hydrogen (secondary N) is 7. The highest BCUT2D eigenvalue weighted by molar-refractivity contribution is 7.80. The number of carboxylic acid groups (broad SMARTS) is 1. The maximum absolute atomic E-state index is 12.7. The highest BCUT2D eigenvalue weighted by Gasteiger charge is 2.34. The van der Waals surface area contributed by atoms with E-state index in [1.165, 1.54) is 30.3 Å². The van der Waals surface area contributed by atoms with Crippen LogP contribution in [-0.2, 0) is 23.9 Å². The molecule has 22 nitrogen and oxygen atoms in total. The van der Waals surface area contributed by atoms with Crippen molar-refractivity contribution in [2.24, 2.45) is 20.7 Å². The fourth-order valence-electron chi connectivity index (χ4n) is 8.38. The zero-order chi connectivity index (χ0) is 55.3. The number of aliphatic imine (C=N–C) groups is 3. The van der Waals surface area contributed by atoms with Gasteiger partial charge in [0, 0.05) is 96.4 Å². The van der Waals surface area contributed by atoms with Crippen LogP contribution >= 0.6 is 12.2 Å². The molecule has 7 rings (SSSR count). The van der Waals surface area contributed by atoms with E-state index in [0.717, 1.165) is 5.69 Å². The van der Waals surface area contributed by atoms with Crippen molar-refractivity contribution >= 4 is 87.2 Å². The van der Waals surface area contributed by atoms with Gasteiger partial charge in [0.15, 0.2) is 28.7 Å². The van der Waals surface area contributed by atoms with Crippen LogP contribution < -0.4 is 48.4 Å². The van der Waals surface area contributed by atoms with Gasteiger partial charge in [-0.3, -0.25) is 39.3 Å². The van der Waals surface area contributed by atoms with E-state index in [0.29, 0.717) is 97.8 Å². The maximum atomic E-state index is 12.7. The Morgan fingerprint density at radius 2 is 1.57 bits per heavy atom. The molecule has 3 aromatic carbocycles. The number of phenolic OH excluding ortho intramolecular Hbond substituents is 1. The van der Waals surface area contributed by atoms with Crippen molar-refractivity contribution in [2.75, 3.05) is 56.6 Å². The van der Waals surface area contributed by atoms with Gasteiger partial charge < -0.3 is 61.7 Å². The zero-order valence-corrected chi connectivity index (χ0v) is 43.9. The number of thiocarbonyl (C=S) groups is 1. The Labute approximate surface area is 449 Å². The number of phenols is 1. The number of carboxylic acids is 1. The molecule has 0 aromatic heterocycles. The summed E-state index contributed by atoms with van der Waals surface area (Å²) in [5, 5.41) is 41.6. The molecular formula is C54H63N11O11S. The smallest absolute Gasteiger partial charge is 0.336 e. The zero-order valence-electron chi connectivity index (χ0n) is 43.1. The number of hydrogen-bond acceptors (Lipinski definition) is 16. The van der Waals surface area contributed by atoms with Crippen molar-refractivity contribution in [3.8, 4) is 28.2 Å². The number of aromatic hydroxyl groups is 1. The van der Waals surface area contributed by atoms with Gasteiger partial charge in [0.25, 0.3) is 11.8 Å². The topological polar surface area (TPSA) is 322 Å². The second-order valence-electron chi connectivity index (χ2n) is 19.6. The van der Waals surface area contributed by atoms with E-state index >= 15 is 0 Å². The molecule has 0 saturated heterocycles. The number of amides is 4. The van der Waals surface area contributed by atoms with Gasteiger partial charge in [-0.15, -0.1) is 0 Å². The van der Waals surface area contributed by atoms with Crippen molar-refractivity contribution in [1.29, 1.82) is 0 Å². The van der Waals surface area contributed by atoms with Gasteiger partial charge in [0.05, 0.1) is 36.6 Å². The molecule has 4 aliphatic rings. The first kappa shape index (κ1) is 56.4. The molecule has 406 valence electrons. The molecular weight excluding hydrogens is 1010 g/mol. The molecule has 2 unspecified atom stereocenters. The number of fused-ring (bicyclic) bond motifs is 3. The molecule has 1 aliphatic carbocycles. The standard InChI is InChI=1S/C54H63N11O11S/c1-53(2,65-44(69)6-5-20-57-48(70)31-7-9-32(10-8-31)59-29-34-30-60-47-46(61-34)49(71)64-51(55)63-47)19-23-74-24-25-75-54(3,4)18-17-43(68)56-21-22-58-52(77)62-33-11-14-37(40(26-33)50(72)73)45-38-15-12-35(66)27-41(38)76-42-28-36(67)13-16-39(42)45/h7-16,26-28,30,46-47,59,66H,5-6,17-25,29H2,1-4H3,(H,56,68)(H,57,70)(H,65,69)(H,72,73)(H2,58,62,77)(H3,55,63,64,71). The van der Waals surface area contributed by atoms with Crippen molar-refractivity contribution in [2.45, 2.75) is 83.1 Å². The molecule has 3 aromatic rings. The molecule has 0 radical (unpaired) electrons. The van der Waals surface area contributed by atoms with Gasteiger partial charge in [0.2, 0.25) is 11.8 Å². The second kappa shape index (κ2) is 25.5. The fraction of sp³-hybridized carbons (Fsp3) is 0.370. The molecule has 0 fully saturated rings. The Hall–Kier alpha value is -8.28. The molecule has 2 atom stereocenters. The highest BCUT2D eigenvalue weighted by atomic mass is 32.1. The molecule has 4 amide bonds. The summed E-state index contributed by atoms with van der Waals surface area (Å²) in [6.07, 6.45) is 2.83.